The van der Waals surface area contributed by atoms with E-state index in [1.54, 1.807) is 7.11 Å². The SMILES string of the molecule is CCC(N)C(SC1CCOCC1)c1ccccc1OC. The lowest BCUT2D eigenvalue weighted by Crippen LogP contribution is -2.29. The van der Waals surface area contributed by atoms with E-state index in [9.17, 15) is 0 Å². The van der Waals surface area contributed by atoms with Crippen LogP contribution in [0.4, 0.5) is 0 Å². The van der Waals surface area contributed by atoms with Crippen molar-refractivity contribution >= 4 is 11.8 Å². The summed E-state index contributed by atoms with van der Waals surface area (Å²) >= 11 is 2.00. The summed E-state index contributed by atoms with van der Waals surface area (Å²) in [7, 11) is 1.73. The molecule has 1 aromatic rings. The molecule has 112 valence electrons. The van der Waals surface area contributed by atoms with Crippen LogP contribution >= 0.6 is 11.8 Å². The zero-order valence-electron chi connectivity index (χ0n) is 12.4. The van der Waals surface area contributed by atoms with Crippen LogP contribution in [0.2, 0.25) is 0 Å². The van der Waals surface area contributed by atoms with E-state index < -0.39 is 0 Å². The number of nitrogens with two attached hydrogens (primary N) is 1. The van der Waals surface area contributed by atoms with Gasteiger partial charge >= 0.3 is 0 Å². The largest absolute Gasteiger partial charge is 0.496 e. The molecule has 0 aliphatic carbocycles. The normalized spacial score (nSPS) is 19.6. The Hall–Kier alpha value is -0.710. The van der Waals surface area contributed by atoms with E-state index in [4.69, 9.17) is 15.2 Å². The van der Waals surface area contributed by atoms with Gasteiger partial charge in [-0.05, 0) is 25.3 Å². The molecule has 1 fully saturated rings. The number of methoxy groups -OCH3 is 1. The molecule has 0 amide bonds. The lowest BCUT2D eigenvalue weighted by atomic mass is 10.0. The van der Waals surface area contributed by atoms with E-state index in [1.165, 1.54) is 5.56 Å². The van der Waals surface area contributed by atoms with Crippen molar-refractivity contribution in [1.82, 2.24) is 0 Å². The quantitative estimate of drug-likeness (QED) is 0.874. The van der Waals surface area contributed by atoms with Crippen LogP contribution in [0.15, 0.2) is 24.3 Å². The molecule has 1 saturated heterocycles. The Morgan fingerprint density at radius 3 is 2.70 bits per heavy atom. The van der Waals surface area contributed by atoms with Gasteiger partial charge in [-0.15, -0.1) is 11.8 Å². The van der Waals surface area contributed by atoms with Crippen molar-refractivity contribution in [2.24, 2.45) is 5.73 Å². The molecule has 2 atom stereocenters. The summed E-state index contributed by atoms with van der Waals surface area (Å²) in [5.74, 6) is 0.945. The fraction of sp³-hybridized carbons (Fsp3) is 0.625. The smallest absolute Gasteiger partial charge is 0.123 e. The second kappa shape index (κ2) is 7.91. The lowest BCUT2D eigenvalue weighted by Gasteiger charge is -2.30. The average Bonchev–Trinajstić information content (AvgIpc) is 2.53. The van der Waals surface area contributed by atoms with Gasteiger partial charge in [0.05, 0.1) is 7.11 Å². The third-order valence-corrected chi connectivity index (χ3v) is 5.57. The first kappa shape index (κ1) is 15.7. The van der Waals surface area contributed by atoms with Gasteiger partial charge in [0.1, 0.15) is 5.75 Å². The standard InChI is InChI=1S/C16H25NO2S/c1-3-14(17)16(20-12-8-10-19-11-9-12)13-6-4-5-7-15(13)18-2/h4-7,12,14,16H,3,8-11,17H2,1-2H3. The topological polar surface area (TPSA) is 44.5 Å². The zero-order valence-corrected chi connectivity index (χ0v) is 13.2. The first-order chi connectivity index (χ1) is 9.76. The predicted octanol–water partition coefficient (Wildman–Crippen LogP) is 3.39. The minimum Gasteiger partial charge on any atom is -0.496 e. The summed E-state index contributed by atoms with van der Waals surface area (Å²) in [6.07, 6.45) is 3.21. The second-order valence-electron chi connectivity index (χ2n) is 5.18. The number of thioether (sulfide) groups is 1. The molecule has 0 saturated carbocycles. The van der Waals surface area contributed by atoms with Crippen LogP contribution in [-0.2, 0) is 4.74 Å². The highest BCUT2D eigenvalue weighted by molar-refractivity contribution is 8.00. The first-order valence-electron chi connectivity index (χ1n) is 7.38. The lowest BCUT2D eigenvalue weighted by molar-refractivity contribution is 0.0999. The first-order valence-corrected chi connectivity index (χ1v) is 8.32. The van der Waals surface area contributed by atoms with Crippen LogP contribution < -0.4 is 10.5 Å². The Morgan fingerprint density at radius 2 is 2.05 bits per heavy atom. The molecular formula is C16H25NO2S. The molecule has 0 spiro atoms. The van der Waals surface area contributed by atoms with Gasteiger partial charge in [0.2, 0.25) is 0 Å². The van der Waals surface area contributed by atoms with Crippen molar-refractivity contribution in [3.05, 3.63) is 29.8 Å². The molecule has 2 rings (SSSR count). The van der Waals surface area contributed by atoms with Crippen LogP contribution in [0.5, 0.6) is 5.75 Å². The van der Waals surface area contributed by atoms with Crippen molar-refractivity contribution in [3.8, 4) is 5.75 Å². The molecule has 1 aliphatic heterocycles. The Kier molecular flexibility index (Phi) is 6.20. The van der Waals surface area contributed by atoms with Gasteiger partial charge in [0, 0.05) is 35.3 Å². The maximum atomic E-state index is 6.38. The summed E-state index contributed by atoms with van der Waals surface area (Å²) in [5.41, 5.74) is 7.61. The molecule has 0 bridgehead atoms. The Balaban J connectivity index is 2.17. The molecule has 2 N–H and O–H groups in total. The van der Waals surface area contributed by atoms with Gasteiger partial charge in [-0.3, -0.25) is 0 Å². The third-order valence-electron chi connectivity index (χ3n) is 3.81. The zero-order chi connectivity index (χ0) is 14.4. The van der Waals surface area contributed by atoms with Gasteiger partial charge < -0.3 is 15.2 Å². The summed E-state index contributed by atoms with van der Waals surface area (Å²) in [6, 6.07) is 8.40. The van der Waals surface area contributed by atoms with Crippen LogP contribution in [0, 0.1) is 0 Å². The van der Waals surface area contributed by atoms with E-state index in [-0.39, 0.29) is 6.04 Å². The predicted molar refractivity (Wildman–Crippen MR) is 85.4 cm³/mol. The number of hydrogen-bond acceptors (Lipinski definition) is 4. The molecule has 1 aliphatic rings. The Labute approximate surface area is 126 Å². The number of rotatable bonds is 6. The van der Waals surface area contributed by atoms with Gasteiger partial charge in [-0.2, -0.15) is 0 Å². The van der Waals surface area contributed by atoms with E-state index in [0.29, 0.717) is 10.5 Å². The van der Waals surface area contributed by atoms with E-state index in [0.717, 1.165) is 38.2 Å². The molecule has 3 nitrogen and oxygen atoms in total. The molecule has 1 aromatic carbocycles. The summed E-state index contributed by atoms with van der Waals surface area (Å²) in [4.78, 5) is 0. The number of para-hydroxylation sites is 1. The van der Waals surface area contributed by atoms with Crippen molar-refractivity contribution in [1.29, 1.82) is 0 Å². The maximum absolute atomic E-state index is 6.38. The number of ether oxygens (including phenoxy) is 2. The van der Waals surface area contributed by atoms with Crippen LogP contribution in [0.3, 0.4) is 0 Å². The highest BCUT2D eigenvalue weighted by atomic mass is 32.2. The number of hydrogen-bond donors (Lipinski definition) is 1. The van der Waals surface area contributed by atoms with E-state index >= 15 is 0 Å². The molecule has 1 heterocycles. The Morgan fingerprint density at radius 1 is 1.35 bits per heavy atom. The molecule has 4 heteroatoms. The highest BCUT2D eigenvalue weighted by Crippen LogP contribution is 2.42. The third kappa shape index (κ3) is 3.90. The summed E-state index contributed by atoms with van der Waals surface area (Å²) < 4.78 is 11.0. The molecule has 2 unspecified atom stereocenters. The van der Waals surface area contributed by atoms with E-state index in [1.807, 2.05) is 23.9 Å². The second-order valence-corrected chi connectivity index (χ2v) is 6.63. The number of benzene rings is 1. The van der Waals surface area contributed by atoms with Gasteiger partial charge in [0.25, 0.3) is 0 Å². The van der Waals surface area contributed by atoms with Gasteiger partial charge in [-0.1, -0.05) is 25.1 Å². The Bertz CT molecular complexity index is 407. The van der Waals surface area contributed by atoms with Crippen LogP contribution in [0.1, 0.15) is 37.0 Å². The van der Waals surface area contributed by atoms with Crippen LogP contribution in [0.25, 0.3) is 0 Å². The highest BCUT2D eigenvalue weighted by Gasteiger charge is 2.27. The fourth-order valence-electron chi connectivity index (χ4n) is 2.54. The van der Waals surface area contributed by atoms with E-state index in [2.05, 4.69) is 19.1 Å². The molecule has 20 heavy (non-hydrogen) atoms. The van der Waals surface area contributed by atoms with Crippen molar-refractivity contribution in [3.63, 3.8) is 0 Å². The molecule has 0 aromatic heterocycles. The van der Waals surface area contributed by atoms with Crippen molar-refractivity contribution in [2.75, 3.05) is 20.3 Å². The monoisotopic (exact) mass is 295 g/mol. The van der Waals surface area contributed by atoms with Gasteiger partial charge in [-0.25, -0.2) is 0 Å². The fourth-order valence-corrected chi connectivity index (χ4v) is 4.15. The summed E-state index contributed by atoms with van der Waals surface area (Å²) in [5, 5.41) is 0.926. The van der Waals surface area contributed by atoms with Crippen molar-refractivity contribution in [2.45, 2.75) is 42.7 Å². The van der Waals surface area contributed by atoms with Crippen molar-refractivity contribution < 1.29 is 9.47 Å². The summed E-state index contributed by atoms with van der Waals surface area (Å²) in [6.45, 7) is 3.90. The minimum absolute atomic E-state index is 0.152. The maximum Gasteiger partial charge on any atom is 0.123 e. The molecule has 0 radical (unpaired) electrons. The minimum atomic E-state index is 0.152. The molecular weight excluding hydrogens is 270 g/mol. The average molecular weight is 295 g/mol. The van der Waals surface area contributed by atoms with Gasteiger partial charge in [0.15, 0.2) is 0 Å². The van der Waals surface area contributed by atoms with Crippen LogP contribution in [-0.4, -0.2) is 31.6 Å².